The van der Waals surface area contributed by atoms with E-state index in [1.165, 1.54) is 6.07 Å². The van der Waals surface area contributed by atoms with Crippen LogP contribution in [0.15, 0.2) is 18.2 Å². The molecule has 1 amide bonds. The standard InChI is InChI=1S/C15H20F2N2O/c16-13-6-5-12(10-14(13)17)11-18-7-9-19-8-3-1-2-4-15(19)20/h5-6,10,18H,1-4,7-9,11H2. The maximum Gasteiger partial charge on any atom is 0.222 e. The van der Waals surface area contributed by atoms with Crippen molar-refractivity contribution in [2.24, 2.45) is 0 Å². The third-order valence-corrected chi connectivity index (χ3v) is 3.54. The quantitative estimate of drug-likeness (QED) is 0.841. The lowest BCUT2D eigenvalue weighted by molar-refractivity contribution is -0.130. The molecule has 1 aliphatic rings. The SMILES string of the molecule is O=C1CCCCCN1CCNCc1ccc(F)c(F)c1. The highest BCUT2D eigenvalue weighted by Crippen LogP contribution is 2.11. The van der Waals surface area contributed by atoms with Gasteiger partial charge in [0.05, 0.1) is 0 Å². The van der Waals surface area contributed by atoms with E-state index < -0.39 is 11.6 Å². The zero-order chi connectivity index (χ0) is 14.4. The summed E-state index contributed by atoms with van der Waals surface area (Å²) in [5.41, 5.74) is 0.700. The first-order valence-electron chi connectivity index (χ1n) is 7.09. The van der Waals surface area contributed by atoms with Crippen molar-refractivity contribution >= 4 is 5.91 Å². The van der Waals surface area contributed by atoms with Crippen molar-refractivity contribution in [2.75, 3.05) is 19.6 Å². The van der Waals surface area contributed by atoms with Crippen LogP contribution < -0.4 is 5.32 Å². The Hall–Kier alpha value is -1.49. The summed E-state index contributed by atoms with van der Waals surface area (Å²) in [5.74, 6) is -1.44. The number of benzene rings is 1. The molecule has 1 heterocycles. The van der Waals surface area contributed by atoms with Crippen LogP contribution in [0.25, 0.3) is 0 Å². The van der Waals surface area contributed by atoms with Crippen LogP contribution in [0.1, 0.15) is 31.2 Å². The second kappa shape index (κ2) is 7.33. The summed E-state index contributed by atoms with van der Waals surface area (Å²) in [7, 11) is 0. The lowest BCUT2D eigenvalue weighted by atomic mass is 10.2. The number of rotatable bonds is 5. The molecule has 0 saturated carbocycles. The predicted octanol–water partition coefficient (Wildman–Crippen LogP) is 2.46. The third-order valence-electron chi connectivity index (χ3n) is 3.54. The maximum atomic E-state index is 13.0. The van der Waals surface area contributed by atoms with Crippen LogP contribution in [-0.2, 0) is 11.3 Å². The molecule has 20 heavy (non-hydrogen) atoms. The zero-order valence-electron chi connectivity index (χ0n) is 11.5. The average Bonchev–Trinajstić information content (AvgIpc) is 2.64. The van der Waals surface area contributed by atoms with Crippen molar-refractivity contribution in [1.82, 2.24) is 10.2 Å². The largest absolute Gasteiger partial charge is 0.341 e. The summed E-state index contributed by atoms with van der Waals surface area (Å²) in [5, 5.41) is 3.15. The molecule has 0 spiro atoms. The smallest absolute Gasteiger partial charge is 0.222 e. The summed E-state index contributed by atoms with van der Waals surface area (Å²) < 4.78 is 25.8. The van der Waals surface area contributed by atoms with Gasteiger partial charge in [-0.15, -0.1) is 0 Å². The van der Waals surface area contributed by atoms with E-state index in [9.17, 15) is 13.6 Å². The van der Waals surface area contributed by atoms with Gasteiger partial charge in [-0.3, -0.25) is 4.79 Å². The molecular formula is C15H20F2N2O. The fraction of sp³-hybridized carbons (Fsp3) is 0.533. The fourth-order valence-electron chi connectivity index (χ4n) is 2.37. The maximum absolute atomic E-state index is 13.0. The molecule has 1 saturated heterocycles. The lowest BCUT2D eigenvalue weighted by Crippen LogP contribution is -2.36. The van der Waals surface area contributed by atoms with Gasteiger partial charge in [0, 0.05) is 32.6 Å². The van der Waals surface area contributed by atoms with Gasteiger partial charge in [-0.1, -0.05) is 12.5 Å². The highest BCUT2D eigenvalue weighted by Gasteiger charge is 2.15. The van der Waals surface area contributed by atoms with Crippen molar-refractivity contribution in [3.05, 3.63) is 35.4 Å². The Kier molecular flexibility index (Phi) is 5.47. The van der Waals surface area contributed by atoms with Gasteiger partial charge in [0.15, 0.2) is 11.6 Å². The van der Waals surface area contributed by atoms with Gasteiger partial charge >= 0.3 is 0 Å². The van der Waals surface area contributed by atoms with E-state index in [4.69, 9.17) is 0 Å². The monoisotopic (exact) mass is 282 g/mol. The van der Waals surface area contributed by atoms with Gasteiger partial charge in [0.25, 0.3) is 0 Å². The molecule has 0 aromatic heterocycles. The number of likely N-dealkylation sites (tertiary alicyclic amines) is 1. The van der Waals surface area contributed by atoms with E-state index in [0.29, 0.717) is 31.6 Å². The fourth-order valence-corrected chi connectivity index (χ4v) is 2.37. The molecule has 1 aromatic carbocycles. The first-order valence-corrected chi connectivity index (χ1v) is 7.09. The van der Waals surface area contributed by atoms with E-state index >= 15 is 0 Å². The van der Waals surface area contributed by atoms with Gasteiger partial charge in [-0.2, -0.15) is 0 Å². The van der Waals surface area contributed by atoms with Crippen LogP contribution in [0.3, 0.4) is 0 Å². The van der Waals surface area contributed by atoms with Gasteiger partial charge < -0.3 is 10.2 Å². The Balaban J connectivity index is 1.72. The third kappa shape index (κ3) is 4.27. The number of nitrogens with zero attached hydrogens (tertiary/aromatic N) is 1. The molecule has 2 rings (SSSR count). The van der Waals surface area contributed by atoms with E-state index in [2.05, 4.69) is 5.32 Å². The van der Waals surface area contributed by atoms with E-state index in [1.807, 2.05) is 4.90 Å². The molecule has 110 valence electrons. The molecule has 1 aliphatic heterocycles. The van der Waals surface area contributed by atoms with Gasteiger partial charge in [-0.25, -0.2) is 8.78 Å². The molecule has 0 bridgehead atoms. The van der Waals surface area contributed by atoms with Crippen molar-refractivity contribution in [3.8, 4) is 0 Å². The number of amides is 1. The average molecular weight is 282 g/mol. The van der Waals surface area contributed by atoms with E-state index in [0.717, 1.165) is 31.9 Å². The molecule has 0 aliphatic carbocycles. The molecule has 0 unspecified atom stereocenters. The van der Waals surface area contributed by atoms with Crippen LogP contribution in [-0.4, -0.2) is 30.4 Å². The van der Waals surface area contributed by atoms with E-state index in [1.54, 1.807) is 6.07 Å². The summed E-state index contributed by atoms with van der Waals surface area (Å²) >= 11 is 0. The number of halogens is 2. The van der Waals surface area contributed by atoms with Gasteiger partial charge in [-0.05, 0) is 30.5 Å². The first kappa shape index (κ1) is 14.9. The van der Waals surface area contributed by atoms with Crippen LogP contribution in [0, 0.1) is 11.6 Å². The Morgan fingerprint density at radius 1 is 1.15 bits per heavy atom. The molecule has 5 heteroatoms. The number of carbonyl (C=O) groups is 1. The Morgan fingerprint density at radius 3 is 2.80 bits per heavy atom. The molecule has 1 N–H and O–H groups in total. The minimum atomic E-state index is -0.830. The Bertz CT molecular complexity index is 465. The van der Waals surface area contributed by atoms with Crippen molar-refractivity contribution in [1.29, 1.82) is 0 Å². The molecular weight excluding hydrogens is 262 g/mol. The Labute approximate surface area is 118 Å². The highest BCUT2D eigenvalue weighted by atomic mass is 19.2. The minimum absolute atomic E-state index is 0.220. The highest BCUT2D eigenvalue weighted by molar-refractivity contribution is 5.76. The van der Waals surface area contributed by atoms with E-state index in [-0.39, 0.29) is 5.91 Å². The normalized spacial score (nSPS) is 16.3. The molecule has 1 fully saturated rings. The van der Waals surface area contributed by atoms with Gasteiger partial charge in [0.1, 0.15) is 0 Å². The summed E-state index contributed by atoms with van der Waals surface area (Å²) in [6.07, 6.45) is 3.81. The van der Waals surface area contributed by atoms with Crippen LogP contribution >= 0.6 is 0 Å². The van der Waals surface area contributed by atoms with Crippen molar-refractivity contribution in [3.63, 3.8) is 0 Å². The number of hydrogen-bond acceptors (Lipinski definition) is 2. The van der Waals surface area contributed by atoms with Gasteiger partial charge in [0.2, 0.25) is 5.91 Å². The predicted molar refractivity (Wildman–Crippen MR) is 73.1 cm³/mol. The lowest BCUT2D eigenvalue weighted by Gasteiger charge is -2.20. The molecule has 1 aromatic rings. The van der Waals surface area contributed by atoms with Crippen molar-refractivity contribution in [2.45, 2.75) is 32.2 Å². The topological polar surface area (TPSA) is 32.3 Å². The summed E-state index contributed by atoms with van der Waals surface area (Å²) in [4.78, 5) is 13.6. The zero-order valence-corrected chi connectivity index (χ0v) is 11.5. The second-order valence-corrected chi connectivity index (χ2v) is 5.12. The minimum Gasteiger partial charge on any atom is -0.341 e. The molecule has 0 radical (unpaired) electrons. The summed E-state index contributed by atoms with van der Waals surface area (Å²) in [6.45, 7) is 2.62. The number of hydrogen-bond donors (Lipinski definition) is 1. The molecule has 0 atom stereocenters. The number of carbonyl (C=O) groups excluding carboxylic acids is 1. The van der Waals surface area contributed by atoms with Crippen LogP contribution in [0.4, 0.5) is 8.78 Å². The number of nitrogens with one attached hydrogen (secondary N) is 1. The Morgan fingerprint density at radius 2 is 2.00 bits per heavy atom. The van der Waals surface area contributed by atoms with Crippen LogP contribution in [0.5, 0.6) is 0 Å². The molecule has 3 nitrogen and oxygen atoms in total. The van der Waals surface area contributed by atoms with Crippen molar-refractivity contribution < 1.29 is 13.6 Å². The summed E-state index contributed by atoms with van der Waals surface area (Å²) in [6, 6.07) is 3.88. The van der Waals surface area contributed by atoms with Crippen LogP contribution in [0.2, 0.25) is 0 Å². The second-order valence-electron chi connectivity index (χ2n) is 5.12. The first-order chi connectivity index (χ1) is 9.66.